The van der Waals surface area contributed by atoms with Gasteiger partial charge in [0.05, 0.1) is 0 Å². The minimum absolute atomic E-state index is 0.694. The van der Waals surface area contributed by atoms with Gasteiger partial charge < -0.3 is 0 Å². The molecule has 0 nitrogen and oxygen atoms in total. The van der Waals surface area contributed by atoms with Crippen molar-refractivity contribution >= 4 is 0 Å². The molecule has 1 aliphatic rings. The fourth-order valence-corrected chi connectivity index (χ4v) is 2.09. The average molecular weight is 156 g/mol. The van der Waals surface area contributed by atoms with Crippen LogP contribution in [0.15, 0.2) is 0 Å². The zero-order valence-electron chi connectivity index (χ0n) is 9.07. The summed E-state index contributed by atoms with van der Waals surface area (Å²) in [5, 5.41) is 0. The summed E-state index contributed by atoms with van der Waals surface area (Å²) in [4.78, 5) is 0. The van der Waals surface area contributed by atoms with Gasteiger partial charge in [-0.05, 0) is 23.7 Å². The van der Waals surface area contributed by atoms with Crippen molar-refractivity contribution in [1.29, 1.82) is 0 Å². The van der Waals surface area contributed by atoms with Crippen molar-refractivity contribution in [1.82, 2.24) is 0 Å². The lowest BCUT2D eigenvalue weighted by Gasteiger charge is -2.50. The van der Waals surface area contributed by atoms with Gasteiger partial charge in [0.1, 0.15) is 0 Å². The topological polar surface area (TPSA) is 0 Å². The SMILES string of the molecule is CC.CCC1(C)CC(C)C1C. The van der Waals surface area contributed by atoms with Gasteiger partial charge in [0.2, 0.25) is 0 Å². The van der Waals surface area contributed by atoms with Crippen molar-refractivity contribution in [3.63, 3.8) is 0 Å². The first-order valence-corrected chi connectivity index (χ1v) is 5.10. The molecule has 1 rings (SSSR count). The molecule has 1 fully saturated rings. The molecule has 0 bridgehead atoms. The van der Waals surface area contributed by atoms with E-state index >= 15 is 0 Å². The normalized spacial score (nSPS) is 42.0. The van der Waals surface area contributed by atoms with Crippen molar-refractivity contribution in [3.05, 3.63) is 0 Å². The van der Waals surface area contributed by atoms with E-state index in [1.54, 1.807) is 0 Å². The summed E-state index contributed by atoms with van der Waals surface area (Å²) >= 11 is 0. The highest BCUT2D eigenvalue weighted by Crippen LogP contribution is 2.52. The molecule has 0 heteroatoms. The lowest BCUT2D eigenvalue weighted by molar-refractivity contribution is -0.00670. The Morgan fingerprint density at radius 3 is 1.82 bits per heavy atom. The summed E-state index contributed by atoms with van der Waals surface area (Å²) in [5.74, 6) is 1.94. The fraction of sp³-hybridized carbons (Fsp3) is 1.00. The number of rotatable bonds is 1. The fourth-order valence-electron chi connectivity index (χ4n) is 2.09. The van der Waals surface area contributed by atoms with Gasteiger partial charge >= 0.3 is 0 Å². The maximum absolute atomic E-state index is 2.41. The van der Waals surface area contributed by atoms with Crippen LogP contribution in [-0.2, 0) is 0 Å². The first-order chi connectivity index (χ1) is 5.10. The van der Waals surface area contributed by atoms with Crippen molar-refractivity contribution in [3.8, 4) is 0 Å². The summed E-state index contributed by atoms with van der Waals surface area (Å²) in [7, 11) is 0. The Labute approximate surface area is 72.4 Å². The number of hydrogen-bond acceptors (Lipinski definition) is 0. The van der Waals surface area contributed by atoms with E-state index in [-0.39, 0.29) is 0 Å². The lowest BCUT2D eigenvalue weighted by atomic mass is 9.55. The second kappa shape index (κ2) is 4.13. The van der Waals surface area contributed by atoms with E-state index in [1.165, 1.54) is 12.8 Å². The standard InChI is InChI=1S/C9H18.C2H6/c1-5-9(4)6-7(2)8(9)3;1-2/h7-8H,5-6H2,1-4H3;1-2H3. The second-order valence-corrected chi connectivity index (χ2v) is 3.98. The van der Waals surface area contributed by atoms with Crippen molar-refractivity contribution in [2.45, 2.75) is 54.4 Å². The molecule has 3 atom stereocenters. The maximum atomic E-state index is 2.41. The summed E-state index contributed by atoms with van der Waals surface area (Å²) in [6.07, 6.45) is 2.81. The van der Waals surface area contributed by atoms with Gasteiger partial charge in [-0.3, -0.25) is 0 Å². The highest BCUT2D eigenvalue weighted by atomic mass is 14.5. The monoisotopic (exact) mass is 156 g/mol. The predicted octanol–water partition coefficient (Wildman–Crippen LogP) is 4.10. The smallest absolute Gasteiger partial charge is 0.0298 e. The van der Waals surface area contributed by atoms with Gasteiger partial charge in [-0.1, -0.05) is 48.0 Å². The molecule has 0 heterocycles. The molecule has 0 saturated heterocycles. The zero-order valence-corrected chi connectivity index (χ0v) is 9.07. The van der Waals surface area contributed by atoms with E-state index in [4.69, 9.17) is 0 Å². The van der Waals surface area contributed by atoms with Gasteiger partial charge in [0.15, 0.2) is 0 Å². The Morgan fingerprint density at radius 2 is 1.73 bits per heavy atom. The van der Waals surface area contributed by atoms with Crippen LogP contribution in [0.2, 0.25) is 0 Å². The summed E-state index contributed by atoms with van der Waals surface area (Å²) in [6, 6.07) is 0. The van der Waals surface area contributed by atoms with E-state index < -0.39 is 0 Å². The van der Waals surface area contributed by atoms with Crippen LogP contribution in [0.4, 0.5) is 0 Å². The molecule has 0 aromatic heterocycles. The second-order valence-electron chi connectivity index (χ2n) is 3.98. The first-order valence-electron chi connectivity index (χ1n) is 5.10. The Bertz CT molecular complexity index is 107. The van der Waals surface area contributed by atoms with E-state index in [0.717, 1.165) is 11.8 Å². The highest BCUT2D eigenvalue weighted by Gasteiger charge is 2.43. The Balaban J connectivity index is 0.000000461. The van der Waals surface area contributed by atoms with E-state index in [1.807, 2.05) is 13.8 Å². The Hall–Kier alpha value is 0. The van der Waals surface area contributed by atoms with Gasteiger partial charge in [0, 0.05) is 0 Å². The molecule has 68 valence electrons. The van der Waals surface area contributed by atoms with E-state index in [9.17, 15) is 0 Å². The van der Waals surface area contributed by atoms with E-state index in [2.05, 4.69) is 27.7 Å². The molecule has 0 N–H and O–H groups in total. The minimum atomic E-state index is 0.694. The van der Waals surface area contributed by atoms with Crippen LogP contribution in [0.1, 0.15) is 54.4 Å². The third-order valence-electron chi connectivity index (χ3n) is 3.55. The molecule has 0 aromatic rings. The van der Waals surface area contributed by atoms with Gasteiger partial charge in [-0.15, -0.1) is 0 Å². The van der Waals surface area contributed by atoms with Crippen LogP contribution >= 0.6 is 0 Å². The van der Waals surface area contributed by atoms with Gasteiger partial charge in [-0.25, -0.2) is 0 Å². The van der Waals surface area contributed by atoms with Crippen LogP contribution in [-0.4, -0.2) is 0 Å². The molecule has 0 aromatic carbocycles. The van der Waals surface area contributed by atoms with Crippen LogP contribution in [0.25, 0.3) is 0 Å². The zero-order chi connectivity index (χ0) is 9.07. The molecule has 11 heavy (non-hydrogen) atoms. The summed E-state index contributed by atoms with van der Waals surface area (Å²) in [5.41, 5.74) is 0.694. The minimum Gasteiger partial charge on any atom is -0.0683 e. The maximum Gasteiger partial charge on any atom is -0.0298 e. The van der Waals surface area contributed by atoms with Gasteiger partial charge in [0.25, 0.3) is 0 Å². The van der Waals surface area contributed by atoms with Gasteiger partial charge in [-0.2, -0.15) is 0 Å². The van der Waals surface area contributed by atoms with Crippen molar-refractivity contribution < 1.29 is 0 Å². The molecule has 0 amide bonds. The Morgan fingerprint density at radius 1 is 1.27 bits per heavy atom. The molecular formula is C11H24. The number of hydrogen-bond donors (Lipinski definition) is 0. The molecule has 1 aliphatic carbocycles. The molecule has 0 radical (unpaired) electrons. The summed E-state index contributed by atoms with van der Waals surface area (Å²) < 4.78 is 0. The molecule has 3 unspecified atom stereocenters. The van der Waals surface area contributed by atoms with Crippen LogP contribution in [0.5, 0.6) is 0 Å². The Kier molecular flexibility index (Phi) is 4.13. The third kappa shape index (κ3) is 1.98. The molecular weight excluding hydrogens is 132 g/mol. The van der Waals surface area contributed by atoms with Crippen LogP contribution in [0.3, 0.4) is 0 Å². The lowest BCUT2D eigenvalue weighted by Crippen LogP contribution is -2.42. The molecule has 0 aliphatic heterocycles. The van der Waals surface area contributed by atoms with Crippen molar-refractivity contribution in [2.24, 2.45) is 17.3 Å². The quantitative estimate of drug-likeness (QED) is 0.536. The molecule has 0 spiro atoms. The van der Waals surface area contributed by atoms with Crippen LogP contribution in [0, 0.1) is 17.3 Å². The average Bonchev–Trinajstić information content (AvgIpc) is 2.07. The predicted molar refractivity (Wildman–Crippen MR) is 52.7 cm³/mol. The van der Waals surface area contributed by atoms with E-state index in [0.29, 0.717) is 5.41 Å². The summed E-state index contributed by atoms with van der Waals surface area (Å²) in [6.45, 7) is 13.5. The largest absolute Gasteiger partial charge is 0.0683 e. The highest BCUT2D eigenvalue weighted by molar-refractivity contribution is 4.93. The van der Waals surface area contributed by atoms with Crippen molar-refractivity contribution in [2.75, 3.05) is 0 Å². The molecule has 1 saturated carbocycles. The van der Waals surface area contributed by atoms with Crippen LogP contribution < -0.4 is 0 Å². The third-order valence-corrected chi connectivity index (χ3v) is 3.55. The first kappa shape index (κ1) is 11.0.